The van der Waals surface area contributed by atoms with Gasteiger partial charge in [-0.3, -0.25) is 9.59 Å². The van der Waals surface area contributed by atoms with Crippen LogP contribution in [0.25, 0.3) is 0 Å². The summed E-state index contributed by atoms with van der Waals surface area (Å²) in [6, 6.07) is 0.299. The van der Waals surface area contributed by atoms with E-state index in [4.69, 9.17) is 4.98 Å². The fourth-order valence-electron chi connectivity index (χ4n) is 6.12. The highest BCUT2D eigenvalue weighted by Crippen LogP contribution is 2.62. The summed E-state index contributed by atoms with van der Waals surface area (Å²) in [5.74, 6) is -0.0500. The zero-order valence-corrected chi connectivity index (χ0v) is 21.0. The molecule has 1 aromatic heterocycles. The van der Waals surface area contributed by atoms with Gasteiger partial charge in [0.15, 0.2) is 5.13 Å². The number of anilines is 1. The minimum atomic E-state index is -0.635. The fourth-order valence-corrected chi connectivity index (χ4v) is 7.20. The summed E-state index contributed by atoms with van der Waals surface area (Å²) in [7, 11) is 0. The van der Waals surface area contributed by atoms with E-state index in [0.717, 1.165) is 49.1 Å². The van der Waals surface area contributed by atoms with Crippen molar-refractivity contribution in [2.75, 3.05) is 11.9 Å². The van der Waals surface area contributed by atoms with Crippen molar-refractivity contribution in [2.24, 2.45) is 16.7 Å². The molecule has 1 heterocycles. The summed E-state index contributed by atoms with van der Waals surface area (Å²) in [4.78, 5) is 31.3. The number of aromatic nitrogens is 1. The Labute approximate surface area is 200 Å². The molecular weight excluding hydrogens is 438 g/mol. The third-order valence-electron chi connectivity index (χ3n) is 8.48. The van der Waals surface area contributed by atoms with Crippen molar-refractivity contribution in [3.05, 3.63) is 10.6 Å². The average molecular weight is 478 g/mol. The number of carbonyl (C=O) groups excluding carboxylic acids is 2. The average Bonchev–Trinajstić information content (AvgIpc) is 3.50. The molecule has 5 unspecified atom stereocenters. The van der Waals surface area contributed by atoms with Crippen LogP contribution in [0, 0.1) is 16.7 Å². The van der Waals surface area contributed by atoms with Crippen molar-refractivity contribution in [3.8, 4) is 0 Å². The van der Waals surface area contributed by atoms with E-state index in [0.29, 0.717) is 36.9 Å². The Balaban J connectivity index is 1.63. The molecule has 0 aliphatic heterocycles. The molecular formula is C25H39N3O4S. The molecule has 1 aromatic rings. The van der Waals surface area contributed by atoms with Gasteiger partial charge in [-0.2, -0.15) is 0 Å². The van der Waals surface area contributed by atoms with Crippen molar-refractivity contribution in [2.45, 2.75) is 103 Å². The first-order valence-electron chi connectivity index (χ1n) is 12.6. The number of aliphatic hydroxyl groups excluding tert-OH is 2. The van der Waals surface area contributed by atoms with Crippen LogP contribution in [-0.2, 0) is 16.0 Å². The van der Waals surface area contributed by atoms with Crippen molar-refractivity contribution >= 4 is 28.3 Å². The number of hydrogen-bond donors (Lipinski definition) is 4. The quantitative estimate of drug-likeness (QED) is 0.405. The number of carbonyl (C=O) groups is 2. The first-order valence-corrected chi connectivity index (χ1v) is 13.4. The van der Waals surface area contributed by atoms with Crippen molar-refractivity contribution in [3.63, 3.8) is 0 Å². The Morgan fingerprint density at radius 1 is 1.18 bits per heavy atom. The second kappa shape index (κ2) is 9.62. The molecule has 2 saturated carbocycles. The summed E-state index contributed by atoms with van der Waals surface area (Å²) in [6.07, 6.45) is 7.39. The van der Waals surface area contributed by atoms with E-state index < -0.39 is 11.5 Å². The molecule has 7 nitrogen and oxygen atoms in total. The van der Waals surface area contributed by atoms with Gasteiger partial charge in [-0.05, 0) is 49.9 Å². The lowest BCUT2D eigenvalue weighted by atomic mass is 9.47. The highest BCUT2D eigenvalue weighted by molar-refractivity contribution is 7.15. The minimum absolute atomic E-state index is 0.0168. The summed E-state index contributed by atoms with van der Waals surface area (Å²) < 4.78 is 0. The molecule has 0 bridgehead atoms. The number of hydrogen-bond acceptors (Lipinski definition) is 6. The lowest BCUT2D eigenvalue weighted by Crippen LogP contribution is -2.57. The molecule has 33 heavy (non-hydrogen) atoms. The van der Waals surface area contributed by atoms with E-state index in [9.17, 15) is 19.8 Å². The van der Waals surface area contributed by atoms with Gasteiger partial charge in [0, 0.05) is 35.1 Å². The van der Waals surface area contributed by atoms with Gasteiger partial charge in [0.25, 0.3) is 0 Å². The van der Waals surface area contributed by atoms with Gasteiger partial charge in [0.2, 0.25) is 11.8 Å². The predicted molar refractivity (Wildman–Crippen MR) is 129 cm³/mol. The summed E-state index contributed by atoms with van der Waals surface area (Å²) in [6.45, 7) is 6.20. The molecule has 0 aromatic carbocycles. The van der Waals surface area contributed by atoms with E-state index in [2.05, 4.69) is 24.5 Å². The molecule has 4 N–H and O–H groups in total. The summed E-state index contributed by atoms with van der Waals surface area (Å²) in [5.41, 5.74) is 0.0232. The molecule has 2 fully saturated rings. The normalized spacial score (nSPS) is 33.2. The van der Waals surface area contributed by atoms with E-state index >= 15 is 0 Å². The Morgan fingerprint density at radius 2 is 1.94 bits per heavy atom. The van der Waals surface area contributed by atoms with Crippen LogP contribution in [0.15, 0.2) is 0 Å². The maximum Gasteiger partial charge on any atom is 0.226 e. The monoisotopic (exact) mass is 477 g/mol. The Kier molecular flexibility index (Phi) is 7.18. The number of nitrogens with one attached hydrogen (secondary N) is 2. The van der Waals surface area contributed by atoms with Gasteiger partial charge >= 0.3 is 0 Å². The Hall–Kier alpha value is -1.51. The van der Waals surface area contributed by atoms with E-state index in [1.54, 1.807) is 0 Å². The second-order valence-corrected chi connectivity index (χ2v) is 12.0. The van der Waals surface area contributed by atoms with Gasteiger partial charge in [0.1, 0.15) is 0 Å². The number of fused-ring (bicyclic) bond motifs is 2. The van der Waals surface area contributed by atoms with Crippen LogP contribution in [0.1, 0.15) is 95.0 Å². The Morgan fingerprint density at radius 3 is 2.61 bits per heavy atom. The number of nitrogens with zero attached hydrogens (tertiary/aromatic N) is 1. The molecule has 0 saturated heterocycles. The maximum atomic E-state index is 12.9. The van der Waals surface area contributed by atoms with Gasteiger partial charge in [-0.25, -0.2) is 4.98 Å². The largest absolute Gasteiger partial charge is 0.396 e. The van der Waals surface area contributed by atoms with Gasteiger partial charge in [0.05, 0.1) is 18.4 Å². The summed E-state index contributed by atoms with van der Waals surface area (Å²) in [5, 5.41) is 27.9. The number of amides is 2. The molecule has 4 rings (SSSR count). The number of aliphatic hydroxyl groups is 2. The molecule has 184 valence electrons. The van der Waals surface area contributed by atoms with Crippen LogP contribution < -0.4 is 10.6 Å². The molecule has 8 heteroatoms. The first kappa shape index (κ1) is 24.6. The lowest BCUT2D eigenvalue weighted by molar-refractivity contribution is -0.144. The topological polar surface area (TPSA) is 112 Å². The van der Waals surface area contributed by atoms with E-state index in [-0.39, 0.29) is 35.7 Å². The van der Waals surface area contributed by atoms with Crippen LogP contribution in [0.4, 0.5) is 5.13 Å². The van der Waals surface area contributed by atoms with E-state index in [1.165, 1.54) is 11.3 Å². The number of rotatable bonds is 9. The molecule has 3 aliphatic rings. The van der Waals surface area contributed by atoms with Gasteiger partial charge in [-0.1, -0.05) is 33.6 Å². The van der Waals surface area contributed by atoms with Crippen LogP contribution in [0.3, 0.4) is 0 Å². The minimum Gasteiger partial charge on any atom is -0.396 e. The fraction of sp³-hybridized carbons (Fsp3) is 0.800. The third kappa shape index (κ3) is 4.84. The SMILES string of the molecule is CCCCCC(=O)Nc1nc2c(s1)CC1C(C)(CO)C(O)CCC1(C)C2CC(=O)NC1CC1. The molecule has 3 aliphatic carbocycles. The zero-order valence-electron chi connectivity index (χ0n) is 20.2. The van der Waals surface area contributed by atoms with Crippen LogP contribution in [0.2, 0.25) is 0 Å². The standard InChI is InChI=1S/C25H39N3O4S/c1-4-5-6-7-20(31)27-23-28-22-16(12-21(32)26-15-8-9-15)24(2)11-10-19(30)25(3,14-29)18(24)13-17(22)33-23/h15-16,18-19,29-30H,4-14H2,1-3H3,(H,26,32)(H,27,28,31). The van der Waals surface area contributed by atoms with Gasteiger partial charge in [-0.15, -0.1) is 11.3 Å². The van der Waals surface area contributed by atoms with Crippen molar-refractivity contribution in [1.82, 2.24) is 10.3 Å². The number of unbranched alkanes of at least 4 members (excludes halogenated alkanes) is 2. The molecule has 0 radical (unpaired) electrons. The van der Waals surface area contributed by atoms with Crippen molar-refractivity contribution < 1.29 is 19.8 Å². The zero-order chi connectivity index (χ0) is 23.8. The Bertz CT molecular complexity index is 885. The maximum absolute atomic E-state index is 12.9. The van der Waals surface area contributed by atoms with Crippen LogP contribution in [0.5, 0.6) is 0 Å². The molecule has 0 spiro atoms. The van der Waals surface area contributed by atoms with Crippen molar-refractivity contribution in [1.29, 1.82) is 0 Å². The third-order valence-corrected chi connectivity index (χ3v) is 9.49. The van der Waals surface area contributed by atoms with E-state index in [1.807, 2.05) is 6.92 Å². The lowest BCUT2D eigenvalue weighted by Gasteiger charge is -2.58. The first-order chi connectivity index (χ1) is 15.7. The highest BCUT2D eigenvalue weighted by atomic mass is 32.1. The summed E-state index contributed by atoms with van der Waals surface area (Å²) >= 11 is 1.49. The predicted octanol–water partition coefficient (Wildman–Crippen LogP) is 3.75. The number of thiazole rings is 1. The molecule has 5 atom stereocenters. The van der Waals surface area contributed by atoms with Gasteiger partial charge < -0.3 is 20.8 Å². The smallest absolute Gasteiger partial charge is 0.226 e. The highest BCUT2D eigenvalue weighted by Gasteiger charge is 2.59. The van der Waals surface area contributed by atoms with Crippen LogP contribution in [-0.4, -0.2) is 45.8 Å². The molecule has 2 amide bonds. The van der Waals surface area contributed by atoms with Crippen LogP contribution >= 0.6 is 11.3 Å². The second-order valence-electron chi connectivity index (χ2n) is 10.9.